The number of rotatable bonds is 7. The lowest BCUT2D eigenvalue weighted by atomic mass is 10.00. The number of benzene rings is 2. The van der Waals surface area contributed by atoms with Crippen LogP contribution in [0.15, 0.2) is 66.0 Å². The van der Waals surface area contributed by atoms with Gasteiger partial charge in [-0.3, -0.25) is 14.5 Å². The van der Waals surface area contributed by atoms with E-state index in [-0.39, 0.29) is 24.3 Å². The summed E-state index contributed by atoms with van der Waals surface area (Å²) < 4.78 is 14.2. The van der Waals surface area contributed by atoms with Gasteiger partial charge in [-0.05, 0) is 55.0 Å². The molecule has 32 heavy (non-hydrogen) atoms. The Kier molecular flexibility index (Phi) is 7.00. The Morgan fingerprint density at radius 3 is 2.56 bits per heavy atom. The molecule has 1 heterocycles. The van der Waals surface area contributed by atoms with Crippen LogP contribution in [0.5, 0.6) is 0 Å². The van der Waals surface area contributed by atoms with Crippen molar-refractivity contribution in [3.05, 3.63) is 87.9 Å². The number of carbonyl (C=O) groups excluding carboxylic acids is 2. The molecule has 2 aromatic carbocycles. The first-order chi connectivity index (χ1) is 15.5. The van der Waals surface area contributed by atoms with E-state index in [9.17, 15) is 14.0 Å². The summed E-state index contributed by atoms with van der Waals surface area (Å²) in [6.45, 7) is 1.95. The summed E-state index contributed by atoms with van der Waals surface area (Å²) in [6.07, 6.45) is 4.20. The van der Waals surface area contributed by atoms with E-state index in [1.165, 1.54) is 28.4 Å². The van der Waals surface area contributed by atoms with E-state index < -0.39 is 11.9 Å². The second-order valence-corrected chi connectivity index (χ2v) is 9.34. The van der Waals surface area contributed by atoms with Gasteiger partial charge >= 0.3 is 0 Å². The summed E-state index contributed by atoms with van der Waals surface area (Å²) in [5.74, 6) is -0.923. The summed E-state index contributed by atoms with van der Waals surface area (Å²) in [5, 5.41) is 5.07. The molecular formula is C26H27FN2O2S. The third-order valence-corrected chi connectivity index (χ3v) is 6.70. The van der Waals surface area contributed by atoms with Gasteiger partial charge in [0, 0.05) is 16.6 Å². The highest BCUT2D eigenvalue weighted by molar-refractivity contribution is 7.10. The molecule has 166 valence electrons. The van der Waals surface area contributed by atoms with Gasteiger partial charge in [0.2, 0.25) is 11.8 Å². The quantitative estimate of drug-likeness (QED) is 0.511. The van der Waals surface area contributed by atoms with E-state index in [0.717, 1.165) is 36.1 Å². The normalized spacial score (nSPS) is 14.8. The molecule has 0 spiro atoms. The second kappa shape index (κ2) is 10.1. The highest BCUT2D eigenvalue weighted by Crippen LogP contribution is 2.31. The Morgan fingerprint density at radius 2 is 1.88 bits per heavy atom. The maximum Gasteiger partial charge on any atom is 0.248 e. The fourth-order valence-electron chi connectivity index (χ4n) is 4.32. The monoisotopic (exact) mass is 450 g/mol. The minimum atomic E-state index is -0.884. The Bertz CT molecular complexity index is 1080. The minimum Gasteiger partial charge on any atom is -0.351 e. The van der Waals surface area contributed by atoms with Crippen LogP contribution in [0, 0.1) is 12.7 Å². The number of amides is 2. The molecule has 0 aliphatic heterocycles. The van der Waals surface area contributed by atoms with Crippen molar-refractivity contribution in [1.29, 1.82) is 0 Å². The van der Waals surface area contributed by atoms with E-state index >= 15 is 0 Å². The molecule has 1 saturated carbocycles. The number of thiophene rings is 1. The molecule has 2 amide bonds. The SMILES string of the molecule is Cc1cccc(C(C(=O)NC2CCCC2)N(C(=O)Cc2cccs2)c2cccc(F)c2)c1. The average Bonchev–Trinajstić information content (AvgIpc) is 3.46. The number of nitrogens with zero attached hydrogens (tertiary/aromatic N) is 1. The fourth-order valence-corrected chi connectivity index (χ4v) is 5.01. The molecule has 1 fully saturated rings. The number of carbonyl (C=O) groups is 2. The molecule has 1 atom stereocenters. The molecule has 1 unspecified atom stereocenters. The van der Waals surface area contributed by atoms with Crippen molar-refractivity contribution in [2.24, 2.45) is 0 Å². The van der Waals surface area contributed by atoms with Crippen molar-refractivity contribution < 1.29 is 14.0 Å². The molecule has 1 N–H and O–H groups in total. The molecule has 4 nitrogen and oxygen atoms in total. The van der Waals surface area contributed by atoms with Crippen LogP contribution in [0.1, 0.15) is 47.7 Å². The van der Waals surface area contributed by atoms with Crippen molar-refractivity contribution >= 4 is 28.8 Å². The van der Waals surface area contributed by atoms with Gasteiger partial charge in [0.1, 0.15) is 11.9 Å². The Hall–Kier alpha value is -2.99. The van der Waals surface area contributed by atoms with Crippen molar-refractivity contribution in [2.45, 2.75) is 51.1 Å². The zero-order valence-corrected chi connectivity index (χ0v) is 18.9. The van der Waals surface area contributed by atoms with Gasteiger partial charge in [0.25, 0.3) is 0 Å². The van der Waals surface area contributed by atoms with E-state index in [2.05, 4.69) is 5.32 Å². The standard InChI is InChI=1S/C26H27FN2O2S/c1-18-7-4-8-19(15-18)25(26(31)28-21-10-2-3-11-21)29(22-12-5-9-20(27)16-22)24(30)17-23-13-6-14-32-23/h4-9,12-16,21,25H,2-3,10-11,17H2,1H3,(H,28,31). The molecule has 1 aliphatic carbocycles. The number of hydrogen-bond acceptors (Lipinski definition) is 3. The van der Waals surface area contributed by atoms with E-state index in [1.54, 1.807) is 12.1 Å². The number of aryl methyl sites for hydroxylation is 1. The summed E-state index contributed by atoms with van der Waals surface area (Å²) in [6, 6.07) is 16.5. The molecule has 0 saturated heterocycles. The highest BCUT2D eigenvalue weighted by Gasteiger charge is 2.34. The van der Waals surface area contributed by atoms with Crippen molar-refractivity contribution in [3.63, 3.8) is 0 Å². The number of halogens is 1. The molecule has 4 rings (SSSR count). The third kappa shape index (κ3) is 5.25. The van der Waals surface area contributed by atoms with E-state index in [0.29, 0.717) is 11.3 Å². The van der Waals surface area contributed by atoms with Crippen LogP contribution in [0.3, 0.4) is 0 Å². The van der Waals surface area contributed by atoms with Crippen LogP contribution in [-0.4, -0.2) is 17.9 Å². The highest BCUT2D eigenvalue weighted by atomic mass is 32.1. The minimum absolute atomic E-state index is 0.108. The predicted molar refractivity (Wildman–Crippen MR) is 126 cm³/mol. The van der Waals surface area contributed by atoms with Crippen LogP contribution in [-0.2, 0) is 16.0 Å². The summed E-state index contributed by atoms with van der Waals surface area (Å²) in [7, 11) is 0. The second-order valence-electron chi connectivity index (χ2n) is 8.31. The van der Waals surface area contributed by atoms with E-state index in [1.807, 2.05) is 48.7 Å². The Balaban J connectivity index is 1.77. The topological polar surface area (TPSA) is 49.4 Å². The molecular weight excluding hydrogens is 423 g/mol. The van der Waals surface area contributed by atoms with Gasteiger partial charge < -0.3 is 5.32 Å². The molecule has 0 radical (unpaired) electrons. The van der Waals surface area contributed by atoms with Gasteiger partial charge in [-0.2, -0.15) is 0 Å². The molecule has 6 heteroatoms. The van der Waals surface area contributed by atoms with Crippen molar-refractivity contribution in [3.8, 4) is 0 Å². The average molecular weight is 451 g/mol. The lowest BCUT2D eigenvalue weighted by molar-refractivity contribution is -0.127. The number of nitrogens with one attached hydrogen (secondary N) is 1. The van der Waals surface area contributed by atoms with Gasteiger partial charge in [-0.25, -0.2) is 4.39 Å². The maximum atomic E-state index is 14.2. The zero-order valence-electron chi connectivity index (χ0n) is 18.1. The van der Waals surface area contributed by atoms with Crippen LogP contribution in [0.2, 0.25) is 0 Å². The number of hydrogen-bond donors (Lipinski definition) is 1. The zero-order chi connectivity index (χ0) is 22.5. The molecule has 1 aliphatic rings. The molecule has 1 aromatic heterocycles. The smallest absolute Gasteiger partial charge is 0.248 e. The van der Waals surface area contributed by atoms with E-state index in [4.69, 9.17) is 0 Å². The van der Waals surface area contributed by atoms with Gasteiger partial charge in [-0.1, -0.05) is 54.8 Å². The predicted octanol–water partition coefficient (Wildman–Crippen LogP) is 5.57. The lowest BCUT2D eigenvalue weighted by Crippen LogP contribution is -2.46. The largest absolute Gasteiger partial charge is 0.351 e. The fraction of sp³-hybridized carbons (Fsp3) is 0.308. The first kappa shape index (κ1) is 22.2. The maximum absolute atomic E-state index is 14.2. The number of anilines is 1. The van der Waals surface area contributed by atoms with Crippen molar-refractivity contribution in [2.75, 3.05) is 4.90 Å². The third-order valence-electron chi connectivity index (χ3n) is 5.83. The van der Waals surface area contributed by atoms with Gasteiger partial charge in [0.05, 0.1) is 6.42 Å². The molecule has 0 bridgehead atoms. The first-order valence-electron chi connectivity index (χ1n) is 11.0. The van der Waals surface area contributed by atoms with Crippen molar-refractivity contribution in [1.82, 2.24) is 5.32 Å². The van der Waals surface area contributed by atoms with Crippen LogP contribution >= 0.6 is 11.3 Å². The van der Waals surface area contributed by atoms with Crippen LogP contribution in [0.25, 0.3) is 0 Å². The summed E-state index contributed by atoms with van der Waals surface area (Å²) in [4.78, 5) is 29.6. The Morgan fingerprint density at radius 1 is 1.09 bits per heavy atom. The summed E-state index contributed by atoms with van der Waals surface area (Å²) in [5.41, 5.74) is 2.08. The first-order valence-corrected chi connectivity index (χ1v) is 11.9. The van der Waals surface area contributed by atoms with Gasteiger partial charge in [-0.15, -0.1) is 11.3 Å². The molecule has 3 aromatic rings. The lowest BCUT2D eigenvalue weighted by Gasteiger charge is -2.32. The summed E-state index contributed by atoms with van der Waals surface area (Å²) >= 11 is 1.49. The van der Waals surface area contributed by atoms with Gasteiger partial charge in [0.15, 0.2) is 0 Å². The Labute approximate surface area is 192 Å². The van der Waals surface area contributed by atoms with Crippen LogP contribution < -0.4 is 10.2 Å². The van der Waals surface area contributed by atoms with Crippen LogP contribution in [0.4, 0.5) is 10.1 Å².